The number of nitrogens with two attached hydrogens (primary N) is 1. The zero-order chi connectivity index (χ0) is 3.58. The number of hydrogen-bond acceptors (Lipinski definition) is 1. The molecule has 0 bridgehead atoms. The molecule has 0 spiro atoms. The minimum Gasteiger partial charge on any atom is -0.147 e. The van der Waals surface area contributed by atoms with E-state index < -0.39 is 8.18 Å². The third kappa shape index (κ3) is 166. The second-order valence-corrected chi connectivity index (χ2v) is 0.908. The maximum atomic E-state index is 8.93. The third-order valence-electron chi connectivity index (χ3n) is 0. The first-order valence-electron chi connectivity index (χ1n) is 0.641. The van der Waals surface area contributed by atoms with Crippen LogP contribution in [0.4, 0.5) is 0 Å². The predicted molar refractivity (Wildman–Crippen MR) is 28.5 cm³/mol. The molecule has 3 nitrogen and oxygen atoms in total. The SMILES string of the molecule is Cl.Cl.N[P+](=O)O. The molecule has 0 saturated carbocycles. The molecule has 0 radical (unpaired) electrons. The zero-order valence-corrected chi connectivity index (χ0v) is 5.22. The average molecular weight is 153 g/mol. The maximum absolute atomic E-state index is 8.93. The fourth-order valence-electron chi connectivity index (χ4n) is 0. The van der Waals surface area contributed by atoms with Gasteiger partial charge in [0.05, 0.1) is 0 Å². The zero-order valence-electron chi connectivity index (χ0n) is 2.70. The van der Waals surface area contributed by atoms with Gasteiger partial charge in [-0.1, -0.05) is 5.50 Å². The molecule has 1 unspecified atom stereocenters. The lowest BCUT2D eigenvalue weighted by Gasteiger charge is -1.36. The molecule has 0 heterocycles. The van der Waals surface area contributed by atoms with Crippen molar-refractivity contribution in [2.45, 2.75) is 0 Å². The van der Waals surface area contributed by atoms with Crippen LogP contribution in [0.2, 0.25) is 0 Å². The Labute approximate surface area is 48.7 Å². The van der Waals surface area contributed by atoms with Crippen LogP contribution in [0, 0.1) is 0 Å². The molecular weight excluding hydrogens is 148 g/mol. The number of hydrogen-bond donors (Lipinski definition) is 2. The van der Waals surface area contributed by atoms with Gasteiger partial charge in [-0.3, -0.25) is 0 Å². The van der Waals surface area contributed by atoms with Gasteiger partial charge < -0.3 is 0 Å². The molecule has 0 aliphatic rings. The van der Waals surface area contributed by atoms with E-state index in [1.807, 2.05) is 0 Å². The van der Waals surface area contributed by atoms with Crippen LogP contribution in [0.1, 0.15) is 0 Å². The van der Waals surface area contributed by atoms with Crippen molar-refractivity contribution in [3.05, 3.63) is 0 Å². The minimum absolute atomic E-state index is 0. The minimum atomic E-state index is -2.37. The van der Waals surface area contributed by atoms with Crippen LogP contribution in [0.15, 0.2) is 0 Å². The summed E-state index contributed by atoms with van der Waals surface area (Å²) in [6, 6.07) is 0. The predicted octanol–water partition coefficient (Wildman–Crippen LogP) is 0.438. The summed E-state index contributed by atoms with van der Waals surface area (Å²) in [5.41, 5.74) is 4.18. The molecule has 0 amide bonds. The first kappa shape index (κ1) is 16.0. The van der Waals surface area contributed by atoms with Crippen LogP contribution in [0.5, 0.6) is 0 Å². The molecule has 0 aromatic carbocycles. The van der Waals surface area contributed by atoms with Crippen LogP contribution in [-0.2, 0) is 4.57 Å². The lowest BCUT2D eigenvalue weighted by atomic mass is 13.9. The maximum Gasteiger partial charge on any atom is 0.607 e. The highest BCUT2D eigenvalue weighted by molar-refractivity contribution is 7.35. The summed E-state index contributed by atoms with van der Waals surface area (Å²) >= 11 is 0. The standard InChI is InChI=1S/2ClH.H2NO2P/c;;1-4(2)3/h2*1H;(H2-,1,2,3)/p+1. The molecular formula is H5Cl2NO2P+. The molecule has 0 aromatic heterocycles. The normalized spacial score (nSPS) is 7.33. The molecule has 6 heavy (non-hydrogen) atoms. The first-order valence-corrected chi connectivity index (χ1v) is 1.92. The molecule has 6 heteroatoms. The van der Waals surface area contributed by atoms with Crippen molar-refractivity contribution in [1.29, 1.82) is 0 Å². The van der Waals surface area contributed by atoms with E-state index in [1.165, 1.54) is 0 Å². The summed E-state index contributed by atoms with van der Waals surface area (Å²) in [5, 5.41) is 0. The van der Waals surface area contributed by atoms with Gasteiger partial charge in [0, 0.05) is 0 Å². The van der Waals surface area contributed by atoms with Gasteiger partial charge in [-0.15, -0.1) is 29.7 Å². The van der Waals surface area contributed by atoms with Gasteiger partial charge in [-0.2, -0.15) is 0 Å². The average Bonchev–Trinajstić information content (AvgIpc) is 0.811. The fourth-order valence-corrected chi connectivity index (χ4v) is 0. The van der Waals surface area contributed by atoms with Crippen LogP contribution in [0.25, 0.3) is 0 Å². The second-order valence-electron chi connectivity index (χ2n) is 0.303. The Morgan fingerprint density at radius 1 is 1.50 bits per heavy atom. The summed E-state index contributed by atoms with van der Waals surface area (Å²) in [4.78, 5) is 7.34. The van der Waals surface area contributed by atoms with Crippen molar-refractivity contribution in [2.24, 2.45) is 5.50 Å². The van der Waals surface area contributed by atoms with E-state index in [-0.39, 0.29) is 24.8 Å². The lowest BCUT2D eigenvalue weighted by Crippen LogP contribution is -1.68. The lowest BCUT2D eigenvalue weighted by molar-refractivity contribution is 0.504. The van der Waals surface area contributed by atoms with Gasteiger partial charge in [0.2, 0.25) is 0 Å². The topological polar surface area (TPSA) is 63.3 Å². The highest BCUT2D eigenvalue weighted by atomic mass is 35.5. The Morgan fingerprint density at radius 2 is 1.50 bits per heavy atom. The molecule has 0 aliphatic carbocycles. The monoisotopic (exact) mass is 152 g/mol. The summed E-state index contributed by atoms with van der Waals surface area (Å²) in [7, 11) is -2.37. The smallest absolute Gasteiger partial charge is 0.147 e. The van der Waals surface area contributed by atoms with Gasteiger partial charge in [-0.05, 0) is 4.57 Å². The molecule has 0 fully saturated rings. The third-order valence-corrected chi connectivity index (χ3v) is 0. The molecule has 0 aliphatic heterocycles. The van der Waals surface area contributed by atoms with Gasteiger partial charge in [0.1, 0.15) is 0 Å². The second kappa shape index (κ2) is 9.14. The van der Waals surface area contributed by atoms with Crippen molar-refractivity contribution in [1.82, 2.24) is 0 Å². The van der Waals surface area contributed by atoms with Crippen molar-refractivity contribution >= 4 is 33.0 Å². The summed E-state index contributed by atoms with van der Waals surface area (Å²) < 4.78 is 8.93. The Balaban J connectivity index is -0.0000000450. The Morgan fingerprint density at radius 3 is 1.50 bits per heavy atom. The molecule has 40 valence electrons. The van der Waals surface area contributed by atoms with Gasteiger partial charge >= 0.3 is 8.18 Å². The van der Waals surface area contributed by atoms with E-state index in [9.17, 15) is 0 Å². The van der Waals surface area contributed by atoms with Crippen molar-refractivity contribution in [3.8, 4) is 0 Å². The number of halogens is 2. The van der Waals surface area contributed by atoms with E-state index in [0.29, 0.717) is 0 Å². The summed E-state index contributed by atoms with van der Waals surface area (Å²) in [6.45, 7) is 0. The fraction of sp³-hybridized carbons (Fsp3) is 0. The van der Waals surface area contributed by atoms with E-state index in [4.69, 9.17) is 9.46 Å². The van der Waals surface area contributed by atoms with Crippen LogP contribution in [0.3, 0.4) is 0 Å². The largest absolute Gasteiger partial charge is 0.607 e. The summed E-state index contributed by atoms with van der Waals surface area (Å²) in [5.74, 6) is 0. The Kier molecular flexibility index (Phi) is 24.3. The molecule has 0 aromatic rings. The molecule has 1 atom stereocenters. The van der Waals surface area contributed by atoms with E-state index in [1.54, 1.807) is 0 Å². The quantitative estimate of drug-likeness (QED) is 0.496. The van der Waals surface area contributed by atoms with E-state index in [2.05, 4.69) is 5.50 Å². The molecule has 3 N–H and O–H groups in total. The van der Waals surface area contributed by atoms with E-state index in [0.717, 1.165) is 0 Å². The van der Waals surface area contributed by atoms with Gasteiger partial charge in [0.25, 0.3) is 0 Å². The van der Waals surface area contributed by atoms with Gasteiger partial charge in [-0.25, -0.2) is 0 Å². The van der Waals surface area contributed by atoms with Crippen molar-refractivity contribution < 1.29 is 9.46 Å². The van der Waals surface area contributed by atoms with E-state index >= 15 is 0 Å². The first-order chi connectivity index (χ1) is 1.73. The highest BCUT2D eigenvalue weighted by Crippen LogP contribution is 1.91. The Bertz CT molecular complexity index is 34.5. The van der Waals surface area contributed by atoms with Crippen molar-refractivity contribution in [2.75, 3.05) is 0 Å². The van der Waals surface area contributed by atoms with Crippen LogP contribution < -0.4 is 5.50 Å². The Hall–Kier alpha value is 0.600. The highest BCUT2D eigenvalue weighted by Gasteiger charge is 1.88. The van der Waals surface area contributed by atoms with Crippen molar-refractivity contribution in [3.63, 3.8) is 0 Å². The van der Waals surface area contributed by atoms with Crippen LogP contribution >= 0.6 is 33.0 Å². The molecule has 0 rings (SSSR count). The molecule has 0 saturated heterocycles. The summed E-state index contributed by atoms with van der Waals surface area (Å²) in [6.07, 6.45) is 0. The number of rotatable bonds is 0. The van der Waals surface area contributed by atoms with Gasteiger partial charge in [0.15, 0.2) is 0 Å². The van der Waals surface area contributed by atoms with Crippen LogP contribution in [-0.4, -0.2) is 4.89 Å².